The second-order valence-electron chi connectivity index (χ2n) is 4.84. The Balaban J connectivity index is 3.19. The van der Waals surface area contributed by atoms with Crippen molar-refractivity contribution in [2.24, 2.45) is 0 Å². The van der Waals surface area contributed by atoms with Gasteiger partial charge in [-0.1, -0.05) is 19.9 Å². The zero-order valence-corrected chi connectivity index (χ0v) is 12.3. The number of benzene rings is 1. The Kier molecular flexibility index (Phi) is 4.40. The lowest BCUT2D eigenvalue weighted by atomic mass is 9.98. The van der Waals surface area contributed by atoms with E-state index in [9.17, 15) is 8.42 Å². The summed E-state index contributed by atoms with van der Waals surface area (Å²) in [6.45, 7) is 7.57. The molecule has 0 amide bonds. The van der Waals surface area contributed by atoms with Crippen LogP contribution in [-0.2, 0) is 10.0 Å². The lowest BCUT2D eigenvalue weighted by Gasteiger charge is -2.28. The average Bonchev–Trinajstić information content (AvgIpc) is 2.31. The lowest BCUT2D eigenvalue weighted by Crippen LogP contribution is -2.45. The first-order valence-electron chi connectivity index (χ1n) is 6.15. The number of hydrogen-bond acceptors (Lipinski definition) is 3. The normalized spacial score (nSPS) is 12.7. The maximum Gasteiger partial charge on any atom is 0.241 e. The van der Waals surface area contributed by atoms with Crippen LogP contribution >= 0.6 is 0 Å². The summed E-state index contributed by atoms with van der Waals surface area (Å²) in [5.74, 6) is 0. The highest BCUT2D eigenvalue weighted by atomic mass is 32.2. The SMILES string of the molecule is CCC(C)(CC)NS(=O)(=O)c1cccc(N)c1C. The zero-order chi connectivity index (χ0) is 14.0. The number of nitrogens with one attached hydrogen (secondary N) is 1. The van der Waals surface area contributed by atoms with Crippen molar-refractivity contribution in [3.63, 3.8) is 0 Å². The molecule has 102 valence electrons. The first kappa shape index (κ1) is 15.0. The van der Waals surface area contributed by atoms with Crippen molar-refractivity contribution in [3.8, 4) is 0 Å². The molecule has 0 radical (unpaired) electrons. The molecule has 0 bridgehead atoms. The summed E-state index contributed by atoms with van der Waals surface area (Å²) in [5, 5.41) is 0. The fourth-order valence-corrected chi connectivity index (χ4v) is 3.52. The molecular formula is C13H22N2O2S. The summed E-state index contributed by atoms with van der Waals surface area (Å²) in [5.41, 5.74) is 6.42. The lowest BCUT2D eigenvalue weighted by molar-refractivity contribution is 0.388. The summed E-state index contributed by atoms with van der Waals surface area (Å²) >= 11 is 0. The molecule has 1 aromatic rings. The van der Waals surface area contributed by atoms with Gasteiger partial charge in [0.2, 0.25) is 10.0 Å². The molecular weight excluding hydrogens is 248 g/mol. The molecule has 0 aromatic heterocycles. The molecule has 0 atom stereocenters. The number of nitrogens with two attached hydrogens (primary N) is 1. The smallest absolute Gasteiger partial charge is 0.241 e. The van der Waals surface area contributed by atoms with Gasteiger partial charge in [0.15, 0.2) is 0 Å². The van der Waals surface area contributed by atoms with Crippen LogP contribution in [0.3, 0.4) is 0 Å². The minimum Gasteiger partial charge on any atom is -0.398 e. The number of sulfonamides is 1. The summed E-state index contributed by atoms with van der Waals surface area (Å²) in [6.07, 6.45) is 1.48. The van der Waals surface area contributed by atoms with Gasteiger partial charge >= 0.3 is 0 Å². The van der Waals surface area contributed by atoms with Gasteiger partial charge in [-0.15, -0.1) is 0 Å². The van der Waals surface area contributed by atoms with Crippen LogP contribution in [0, 0.1) is 6.92 Å². The largest absolute Gasteiger partial charge is 0.398 e. The van der Waals surface area contributed by atoms with Crippen molar-refractivity contribution in [2.45, 2.75) is 51.0 Å². The van der Waals surface area contributed by atoms with E-state index in [-0.39, 0.29) is 4.90 Å². The van der Waals surface area contributed by atoms with Crippen LogP contribution in [0.5, 0.6) is 0 Å². The summed E-state index contributed by atoms with van der Waals surface area (Å²) in [4.78, 5) is 0.260. The summed E-state index contributed by atoms with van der Waals surface area (Å²) < 4.78 is 27.5. The van der Waals surface area contributed by atoms with Gasteiger partial charge in [0.25, 0.3) is 0 Å². The van der Waals surface area contributed by atoms with Crippen molar-refractivity contribution in [3.05, 3.63) is 23.8 Å². The molecule has 18 heavy (non-hydrogen) atoms. The van der Waals surface area contributed by atoms with Gasteiger partial charge in [0.1, 0.15) is 0 Å². The van der Waals surface area contributed by atoms with Crippen molar-refractivity contribution in [1.29, 1.82) is 0 Å². The Hall–Kier alpha value is -1.07. The number of anilines is 1. The van der Waals surface area contributed by atoms with Crippen LogP contribution < -0.4 is 10.5 Å². The minimum atomic E-state index is -3.53. The molecule has 0 unspecified atom stereocenters. The van der Waals surface area contributed by atoms with Gasteiger partial charge in [-0.25, -0.2) is 13.1 Å². The molecule has 1 aromatic carbocycles. The van der Waals surface area contributed by atoms with E-state index in [1.54, 1.807) is 25.1 Å². The van der Waals surface area contributed by atoms with Gasteiger partial charge in [-0.05, 0) is 44.4 Å². The van der Waals surface area contributed by atoms with Crippen LogP contribution in [-0.4, -0.2) is 14.0 Å². The molecule has 0 saturated carbocycles. The van der Waals surface area contributed by atoms with Crippen LogP contribution in [0.25, 0.3) is 0 Å². The molecule has 0 saturated heterocycles. The molecule has 0 aliphatic rings. The van der Waals surface area contributed by atoms with Gasteiger partial charge in [-0.3, -0.25) is 0 Å². The molecule has 0 spiro atoms. The van der Waals surface area contributed by atoms with Gasteiger partial charge < -0.3 is 5.73 Å². The van der Waals surface area contributed by atoms with Crippen molar-refractivity contribution < 1.29 is 8.42 Å². The first-order chi connectivity index (χ1) is 8.25. The quantitative estimate of drug-likeness (QED) is 0.807. The number of nitrogen functional groups attached to an aromatic ring is 1. The maximum atomic E-state index is 12.4. The van der Waals surface area contributed by atoms with Crippen LogP contribution in [0.1, 0.15) is 39.2 Å². The highest BCUT2D eigenvalue weighted by molar-refractivity contribution is 7.89. The Morgan fingerprint density at radius 2 is 1.83 bits per heavy atom. The van der Waals surface area contributed by atoms with Crippen molar-refractivity contribution in [2.75, 3.05) is 5.73 Å². The van der Waals surface area contributed by atoms with E-state index in [0.717, 1.165) is 12.8 Å². The van der Waals surface area contributed by atoms with E-state index in [1.807, 2.05) is 20.8 Å². The minimum absolute atomic E-state index is 0.260. The van der Waals surface area contributed by atoms with Gasteiger partial charge in [0, 0.05) is 11.2 Å². The van der Waals surface area contributed by atoms with E-state index < -0.39 is 15.6 Å². The zero-order valence-electron chi connectivity index (χ0n) is 11.4. The van der Waals surface area contributed by atoms with Crippen LogP contribution in [0.4, 0.5) is 5.69 Å². The van der Waals surface area contributed by atoms with Crippen LogP contribution in [0.2, 0.25) is 0 Å². The van der Waals surface area contributed by atoms with Crippen molar-refractivity contribution >= 4 is 15.7 Å². The first-order valence-corrected chi connectivity index (χ1v) is 7.63. The highest BCUT2D eigenvalue weighted by Crippen LogP contribution is 2.23. The molecule has 5 heteroatoms. The van der Waals surface area contributed by atoms with E-state index in [0.29, 0.717) is 11.3 Å². The number of hydrogen-bond donors (Lipinski definition) is 2. The van der Waals surface area contributed by atoms with E-state index in [1.165, 1.54) is 0 Å². The monoisotopic (exact) mass is 270 g/mol. The van der Waals surface area contributed by atoms with E-state index in [4.69, 9.17) is 5.73 Å². The van der Waals surface area contributed by atoms with E-state index >= 15 is 0 Å². The second-order valence-corrected chi connectivity index (χ2v) is 6.49. The van der Waals surface area contributed by atoms with Gasteiger partial charge in [-0.2, -0.15) is 0 Å². The maximum absolute atomic E-state index is 12.4. The Labute approximate surface area is 110 Å². The molecule has 4 nitrogen and oxygen atoms in total. The third-order valence-corrected chi connectivity index (χ3v) is 5.34. The molecule has 0 heterocycles. The fraction of sp³-hybridized carbons (Fsp3) is 0.538. The fourth-order valence-electron chi connectivity index (χ4n) is 1.70. The summed E-state index contributed by atoms with van der Waals surface area (Å²) in [7, 11) is -3.53. The molecule has 0 aliphatic heterocycles. The molecule has 1 rings (SSSR count). The second kappa shape index (κ2) is 5.28. The molecule has 0 fully saturated rings. The van der Waals surface area contributed by atoms with Crippen LogP contribution in [0.15, 0.2) is 23.1 Å². The van der Waals surface area contributed by atoms with Crippen molar-refractivity contribution in [1.82, 2.24) is 4.72 Å². The predicted octanol–water partition coefficient (Wildman–Crippen LogP) is 2.43. The average molecular weight is 270 g/mol. The highest BCUT2D eigenvalue weighted by Gasteiger charge is 2.28. The Bertz CT molecular complexity index is 520. The standard InChI is InChI=1S/C13H22N2O2S/c1-5-13(4,6-2)15-18(16,17)12-9-7-8-11(14)10(12)3/h7-9,15H,5-6,14H2,1-4H3. The Morgan fingerprint density at radius 1 is 1.28 bits per heavy atom. The van der Waals surface area contributed by atoms with E-state index in [2.05, 4.69) is 4.72 Å². The molecule has 0 aliphatic carbocycles. The third kappa shape index (κ3) is 3.03. The molecule has 3 N–H and O–H groups in total. The third-order valence-electron chi connectivity index (χ3n) is 3.56. The Morgan fingerprint density at radius 3 is 2.33 bits per heavy atom. The predicted molar refractivity (Wildman–Crippen MR) is 74.9 cm³/mol. The number of rotatable bonds is 5. The summed E-state index contributed by atoms with van der Waals surface area (Å²) in [6, 6.07) is 4.94. The van der Waals surface area contributed by atoms with Gasteiger partial charge in [0.05, 0.1) is 4.90 Å². The topological polar surface area (TPSA) is 72.2 Å².